The first-order valence-electron chi connectivity index (χ1n) is 6.07. The largest absolute Gasteiger partial charge is 0.356 e. The van der Waals surface area contributed by atoms with Crippen LogP contribution in [0.3, 0.4) is 0 Å². The van der Waals surface area contributed by atoms with Crippen molar-refractivity contribution in [1.29, 1.82) is 0 Å². The summed E-state index contributed by atoms with van der Waals surface area (Å²) < 4.78 is 0. The van der Waals surface area contributed by atoms with Crippen molar-refractivity contribution in [3.63, 3.8) is 0 Å². The Morgan fingerprint density at radius 1 is 1.27 bits per heavy atom. The van der Waals surface area contributed by atoms with Crippen LogP contribution in [0, 0.1) is 0 Å². The molecule has 1 atom stereocenters. The third-order valence-electron chi connectivity index (χ3n) is 2.36. The van der Waals surface area contributed by atoms with E-state index in [4.69, 9.17) is 0 Å². The summed E-state index contributed by atoms with van der Waals surface area (Å²) in [7, 11) is 0. The SMILES string of the molecule is CCCCCCC(=O)NCCCC(C)Br. The second kappa shape index (κ2) is 10.5. The molecule has 0 saturated heterocycles. The molecule has 90 valence electrons. The van der Waals surface area contributed by atoms with Gasteiger partial charge in [-0.15, -0.1) is 0 Å². The van der Waals surface area contributed by atoms with Gasteiger partial charge in [-0.05, 0) is 19.3 Å². The van der Waals surface area contributed by atoms with Gasteiger partial charge in [0.05, 0.1) is 0 Å². The van der Waals surface area contributed by atoms with Gasteiger partial charge in [-0.2, -0.15) is 0 Å². The van der Waals surface area contributed by atoms with E-state index in [2.05, 4.69) is 35.1 Å². The maximum absolute atomic E-state index is 11.3. The minimum atomic E-state index is 0.216. The number of rotatable bonds is 9. The Morgan fingerprint density at radius 3 is 2.60 bits per heavy atom. The van der Waals surface area contributed by atoms with Crippen LogP contribution in [0.25, 0.3) is 0 Å². The molecule has 0 heterocycles. The first-order valence-corrected chi connectivity index (χ1v) is 6.99. The van der Waals surface area contributed by atoms with Gasteiger partial charge in [0.1, 0.15) is 0 Å². The number of unbranched alkanes of at least 4 members (excludes halogenated alkanes) is 3. The highest BCUT2D eigenvalue weighted by molar-refractivity contribution is 9.09. The lowest BCUT2D eigenvalue weighted by Crippen LogP contribution is -2.24. The van der Waals surface area contributed by atoms with E-state index in [-0.39, 0.29) is 5.91 Å². The molecule has 0 aromatic heterocycles. The summed E-state index contributed by atoms with van der Waals surface area (Å²) in [5, 5.41) is 2.96. The molecule has 0 radical (unpaired) electrons. The van der Waals surface area contributed by atoms with E-state index < -0.39 is 0 Å². The summed E-state index contributed by atoms with van der Waals surface area (Å²) in [5.41, 5.74) is 0. The van der Waals surface area contributed by atoms with E-state index >= 15 is 0 Å². The predicted molar refractivity (Wildman–Crippen MR) is 69.4 cm³/mol. The Morgan fingerprint density at radius 2 is 2.00 bits per heavy atom. The molecule has 2 nitrogen and oxygen atoms in total. The van der Waals surface area contributed by atoms with Crippen LogP contribution in [0.1, 0.15) is 58.8 Å². The zero-order valence-corrected chi connectivity index (χ0v) is 11.6. The lowest BCUT2D eigenvalue weighted by molar-refractivity contribution is -0.121. The van der Waals surface area contributed by atoms with Crippen LogP contribution in [0.2, 0.25) is 0 Å². The van der Waals surface area contributed by atoms with Gasteiger partial charge >= 0.3 is 0 Å². The summed E-state index contributed by atoms with van der Waals surface area (Å²) >= 11 is 3.49. The molecule has 0 rings (SSSR count). The number of hydrogen-bond donors (Lipinski definition) is 1. The highest BCUT2D eigenvalue weighted by Crippen LogP contribution is 2.05. The Bertz CT molecular complexity index is 160. The fourth-order valence-corrected chi connectivity index (χ4v) is 1.74. The fraction of sp³-hybridized carbons (Fsp3) is 0.917. The number of alkyl halides is 1. The molecule has 0 aromatic rings. The van der Waals surface area contributed by atoms with Crippen molar-refractivity contribution in [2.75, 3.05) is 6.54 Å². The minimum absolute atomic E-state index is 0.216. The summed E-state index contributed by atoms with van der Waals surface area (Å²) in [5.74, 6) is 0.216. The molecule has 1 N–H and O–H groups in total. The molecule has 0 fully saturated rings. The molecule has 15 heavy (non-hydrogen) atoms. The number of nitrogens with one attached hydrogen (secondary N) is 1. The van der Waals surface area contributed by atoms with E-state index in [0.717, 1.165) is 25.8 Å². The van der Waals surface area contributed by atoms with E-state index in [0.29, 0.717) is 11.2 Å². The highest BCUT2D eigenvalue weighted by Gasteiger charge is 2.00. The first-order chi connectivity index (χ1) is 7.16. The van der Waals surface area contributed by atoms with E-state index in [1.807, 2.05) is 0 Å². The second-order valence-electron chi connectivity index (χ2n) is 4.08. The van der Waals surface area contributed by atoms with Gasteiger partial charge in [-0.1, -0.05) is 49.0 Å². The van der Waals surface area contributed by atoms with Crippen molar-refractivity contribution in [2.45, 2.75) is 63.6 Å². The quantitative estimate of drug-likeness (QED) is 0.506. The van der Waals surface area contributed by atoms with Gasteiger partial charge in [0.15, 0.2) is 0 Å². The lowest BCUT2D eigenvalue weighted by atomic mass is 10.1. The van der Waals surface area contributed by atoms with Crippen LogP contribution >= 0.6 is 15.9 Å². The average molecular weight is 278 g/mol. The fourth-order valence-electron chi connectivity index (χ4n) is 1.41. The zero-order valence-electron chi connectivity index (χ0n) is 10.0. The van der Waals surface area contributed by atoms with Crippen LogP contribution in [0.4, 0.5) is 0 Å². The monoisotopic (exact) mass is 277 g/mol. The maximum Gasteiger partial charge on any atom is 0.219 e. The number of halogens is 1. The maximum atomic E-state index is 11.3. The molecule has 0 aromatic carbocycles. The summed E-state index contributed by atoms with van der Waals surface area (Å²) in [4.78, 5) is 11.9. The Balaban J connectivity index is 3.19. The molecule has 0 aliphatic rings. The Hall–Kier alpha value is -0.0500. The molecule has 3 heteroatoms. The van der Waals surface area contributed by atoms with Gasteiger partial charge in [-0.3, -0.25) is 4.79 Å². The lowest BCUT2D eigenvalue weighted by Gasteiger charge is -2.05. The van der Waals surface area contributed by atoms with Crippen LogP contribution in [-0.2, 0) is 4.79 Å². The predicted octanol–water partition coefficient (Wildman–Crippen LogP) is 3.64. The van der Waals surface area contributed by atoms with Crippen molar-refractivity contribution in [2.24, 2.45) is 0 Å². The van der Waals surface area contributed by atoms with Crippen LogP contribution < -0.4 is 5.32 Å². The Labute approximate surface area is 102 Å². The molecular formula is C12H24BrNO. The molecule has 0 bridgehead atoms. The van der Waals surface area contributed by atoms with E-state index in [9.17, 15) is 4.79 Å². The highest BCUT2D eigenvalue weighted by atomic mass is 79.9. The number of carbonyl (C=O) groups excluding carboxylic acids is 1. The van der Waals surface area contributed by atoms with E-state index in [1.54, 1.807) is 0 Å². The van der Waals surface area contributed by atoms with Crippen LogP contribution in [0.15, 0.2) is 0 Å². The van der Waals surface area contributed by atoms with Gasteiger partial charge in [0.2, 0.25) is 5.91 Å². The van der Waals surface area contributed by atoms with Crippen LogP contribution in [0.5, 0.6) is 0 Å². The van der Waals surface area contributed by atoms with Crippen molar-refractivity contribution in [3.05, 3.63) is 0 Å². The van der Waals surface area contributed by atoms with Gasteiger partial charge in [0.25, 0.3) is 0 Å². The van der Waals surface area contributed by atoms with E-state index in [1.165, 1.54) is 19.3 Å². The van der Waals surface area contributed by atoms with Gasteiger partial charge in [-0.25, -0.2) is 0 Å². The molecule has 1 amide bonds. The standard InChI is InChI=1S/C12H24BrNO/c1-3-4-5-6-9-12(15)14-10-7-8-11(2)13/h11H,3-10H2,1-2H3,(H,14,15). The molecule has 0 spiro atoms. The van der Waals surface area contributed by atoms with Crippen molar-refractivity contribution in [1.82, 2.24) is 5.32 Å². The van der Waals surface area contributed by atoms with Crippen molar-refractivity contribution in [3.8, 4) is 0 Å². The summed E-state index contributed by atoms with van der Waals surface area (Å²) in [6.07, 6.45) is 7.57. The van der Waals surface area contributed by atoms with Crippen LogP contribution in [-0.4, -0.2) is 17.3 Å². The van der Waals surface area contributed by atoms with Gasteiger partial charge in [0, 0.05) is 17.8 Å². The van der Waals surface area contributed by atoms with Crippen molar-refractivity contribution < 1.29 is 4.79 Å². The minimum Gasteiger partial charge on any atom is -0.356 e. The average Bonchev–Trinajstić information content (AvgIpc) is 2.19. The number of carbonyl (C=O) groups is 1. The molecule has 0 saturated carbocycles. The summed E-state index contributed by atoms with van der Waals surface area (Å²) in [6.45, 7) is 5.14. The number of amides is 1. The topological polar surface area (TPSA) is 29.1 Å². The number of hydrogen-bond acceptors (Lipinski definition) is 1. The normalized spacial score (nSPS) is 12.5. The second-order valence-corrected chi connectivity index (χ2v) is 5.65. The zero-order chi connectivity index (χ0) is 11.5. The molecule has 0 aliphatic heterocycles. The summed E-state index contributed by atoms with van der Waals surface area (Å²) in [6, 6.07) is 0. The first kappa shape index (κ1) is 14.9. The Kier molecular flexibility index (Phi) is 10.4. The van der Waals surface area contributed by atoms with Gasteiger partial charge < -0.3 is 5.32 Å². The molecule has 0 aliphatic carbocycles. The smallest absolute Gasteiger partial charge is 0.219 e. The third kappa shape index (κ3) is 11.9. The third-order valence-corrected chi connectivity index (χ3v) is 2.82. The van der Waals surface area contributed by atoms with Crippen molar-refractivity contribution >= 4 is 21.8 Å². The molecule has 1 unspecified atom stereocenters. The molecular weight excluding hydrogens is 254 g/mol.